The van der Waals surface area contributed by atoms with Crippen LogP contribution in [0.3, 0.4) is 0 Å². The molecule has 0 spiro atoms. The molecule has 0 atom stereocenters. The average molecular weight is 339 g/mol. The highest BCUT2D eigenvalue weighted by Crippen LogP contribution is 2.22. The van der Waals surface area contributed by atoms with Crippen LogP contribution in [0.2, 0.25) is 0 Å². The fourth-order valence-corrected chi connectivity index (χ4v) is 2.70. The predicted octanol–water partition coefficient (Wildman–Crippen LogP) is 4.88. The fraction of sp³-hybridized carbons (Fsp3) is 0.692. The summed E-state index contributed by atoms with van der Waals surface area (Å²) in [7, 11) is 0. The zero-order valence-electron chi connectivity index (χ0n) is 11.9. The van der Waals surface area contributed by atoms with Crippen molar-refractivity contribution in [3.63, 3.8) is 0 Å². The Morgan fingerprint density at radius 3 is 1.95 bits per heavy atom. The van der Waals surface area contributed by atoms with Crippen molar-refractivity contribution in [2.75, 3.05) is 19.0 Å². The minimum Gasteiger partial charge on any atom is -0.478 e. The van der Waals surface area contributed by atoms with Crippen molar-refractivity contribution < 1.29 is 9.47 Å². The smallest absolute Gasteiger partial charge is 0.224 e. The van der Waals surface area contributed by atoms with Crippen LogP contribution in [0.1, 0.15) is 27.7 Å². The number of hydrogen-bond donors (Lipinski definition) is 0. The molecule has 0 saturated carbocycles. The normalized spacial score (nSPS) is 10.6. The van der Waals surface area contributed by atoms with Gasteiger partial charge < -0.3 is 9.47 Å². The summed E-state index contributed by atoms with van der Waals surface area (Å²) in [6.45, 7) is 13.6. The van der Waals surface area contributed by atoms with Crippen molar-refractivity contribution in [3.8, 4) is 0 Å². The first-order valence-electron chi connectivity index (χ1n) is 6.13. The Kier molecular flexibility index (Phi) is 11.1. The summed E-state index contributed by atoms with van der Waals surface area (Å²) >= 11 is 13.1. The van der Waals surface area contributed by atoms with E-state index in [2.05, 4.69) is 34.3 Å². The number of ether oxygens (including phenoxy) is 2. The van der Waals surface area contributed by atoms with E-state index in [4.69, 9.17) is 33.9 Å². The van der Waals surface area contributed by atoms with Crippen LogP contribution < -0.4 is 0 Å². The molecule has 0 aromatic carbocycles. The summed E-state index contributed by atoms with van der Waals surface area (Å²) < 4.78 is 11.9. The van der Waals surface area contributed by atoms with Crippen molar-refractivity contribution in [3.05, 3.63) is 11.5 Å². The Bertz CT molecular complexity index is 314. The highest BCUT2D eigenvalue weighted by Gasteiger charge is 2.07. The van der Waals surface area contributed by atoms with Gasteiger partial charge in [-0.2, -0.15) is 0 Å². The molecule has 0 N–H and O–H groups in total. The molecule has 0 unspecified atom stereocenters. The molecular weight excluding hydrogens is 316 g/mol. The molecule has 0 amide bonds. The molecule has 110 valence electrons. The summed E-state index contributed by atoms with van der Waals surface area (Å²) in [6, 6.07) is 0. The monoisotopic (exact) mass is 338 g/mol. The van der Waals surface area contributed by atoms with E-state index < -0.39 is 0 Å². The van der Waals surface area contributed by atoms with Crippen LogP contribution in [-0.4, -0.2) is 27.7 Å². The Morgan fingerprint density at radius 2 is 1.47 bits per heavy atom. The summed E-state index contributed by atoms with van der Waals surface area (Å²) in [5.41, 5.74) is 0. The topological polar surface area (TPSA) is 18.5 Å². The Labute approximate surface area is 136 Å². The third-order valence-electron chi connectivity index (χ3n) is 1.65. The molecule has 0 aliphatic heterocycles. The molecular formula is C13H22O2S4. The molecule has 0 heterocycles. The minimum atomic E-state index is 0.471. The number of hydrogen-bond acceptors (Lipinski definition) is 6. The molecule has 0 aliphatic carbocycles. The van der Waals surface area contributed by atoms with E-state index in [0.717, 1.165) is 4.91 Å². The minimum absolute atomic E-state index is 0.471. The van der Waals surface area contributed by atoms with Gasteiger partial charge in [0.1, 0.15) is 0 Å². The van der Waals surface area contributed by atoms with E-state index in [1.807, 2.05) is 0 Å². The third kappa shape index (κ3) is 13.0. The van der Waals surface area contributed by atoms with Crippen molar-refractivity contribution in [1.29, 1.82) is 0 Å². The predicted molar refractivity (Wildman–Crippen MR) is 96.0 cm³/mol. The van der Waals surface area contributed by atoms with E-state index in [9.17, 15) is 0 Å². The first kappa shape index (κ1) is 19.2. The van der Waals surface area contributed by atoms with E-state index >= 15 is 0 Å². The lowest BCUT2D eigenvalue weighted by molar-refractivity contribution is 0.273. The Balaban J connectivity index is 3.74. The SMILES string of the molecule is C=C(CSC(=S)OCC(C)C)SC(=S)OCC(C)C. The van der Waals surface area contributed by atoms with E-state index in [-0.39, 0.29) is 0 Å². The molecule has 0 bridgehead atoms. The second-order valence-corrected chi connectivity index (χ2v) is 8.20. The lowest BCUT2D eigenvalue weighted by Gasteiger charge is -2.11. The second kappa shape index (κ2) is 10.9. The van der Waals surface area contributed by atoms with Gasteiger partial charge in [0.05, 0.1) is 13.2 Å². The summed E-state index contributed by atoms with van der Waals surface area (Å²) in [5, 5.41) is 0. The van der Waals surface area contributed by atoms with Crippen LogP contribution in [0, 0.1) is 11.8 Å². The van der Waals surface area contributed by atoms with Gasteiger partial charge in [0, 0.05) is 5.75 Å². The van der Waals surface area contributed by atoms with Gasteiger partial charge in [0.2, 0.25) is 8.77 Å². The molecule has 19 heavy (non-hydrogen) atoms. The first-order chi connectivity index (χ1) is 8.81. The Hall–Kier alpha value is 0.220. The largest absolute Gasteiger partial charge is 0.478 e. The standard InChI is InChI=1S/C13H22O2S4/c1-9(2)6-14-12(16)18-8-11(5)19-13(17)15-7-10(3)4/h9-10H,5-8H2,1-4H3. The molecule has 0 fully saturated rings. The van der Waals surface area contributed by atoms with Crippen LogP contribution in [0.5, 0.6) is 0 Å². The van der Waals surface area contributed by atoms with Crippen LogP contribution in [0.15, 0.2) is 11.5 Å². The molecule has 2 nitrogen and oxygen atoms in total. The summed E-state index contributed by atoms with van der Waals surface area (Å²) in [4.78, 5) is 0.925. The zero-order valence-corrected chi connectivity index (χ0v) is 15.2. The van der Waals surface area contributed by atoms with Gasteiger partial charge in [0.25, 0.3) is 0 Å². The third-order valence-corrected chi connectivity index (χ3v) is 4.23. The van der Waals surface area contributed by atoms with Crippen molar-refractivity contribution in [1.82, 2.24) is 0 Å². The average Bonchev–Trinajstić information content (AvgIpc) is 2.31. The lowest BCUT2D eigenvalue weighted by Crippen LogP contribution is -2.07. The molecule has 0 radical (unpaired) electrons. The molecule has 6 heteroatoms. The lowest BCUT2D eigenvalue weighted by atomic mass is 10.2. The molecule has 0 aromatic rings. The van der Waals surface area contributed by atoms with Crippen LogP contribution >= 0.6 is 48.0 Å². The van der Waals surface area contributed by atoms with Gasteiger partial charge in [-0.25, -0.2) is 0 Å². The Morgan fingerprint density at radius 1 is 1.00 bits per heavy atom. The summed E-state index contributed by atoms with van der Waals surface area (Å²) in [5.74, 6) is 1.64. The number of thiocarbonyl (C=S) groups is 2. The maximum Gasteiger partial charge on any atom is 0.224 e. The molecule has 0 aromatic heterocycles. The maximum atomic E-state index is 5.42. The number of thioether (sulfide) groups is 2. The van der Waals surface area contributed by atoms with Crippen LogP contribution in [0.4, 0.5) is 0 Å². The van der Waals surface area contributed by atoms with Gasteiger partial charge in [-0.05, 0) is 52.9 Å². The second-order valence-electron chi connectivity index (χ2n) is 4.84. The highest BCUT2D eigenvalue weighted by molar-refractivity contribution is 8.27. The first-order valence-corrected chi connectivity index (χ1v) is 8.75. The van der Waals surface area contributed by atoms with Gasteiger partial charge in [0.15, 0.2) is 0 Å². The van der Waals surface area contributed by atoms with Crippen molar-refractivity contribution in [2.24, 2.45) is 11.8 Å². The maximum absolute atomic E-state index is 5.42. The van der Waals surface area contributed by atoms with Gasteiger partial charge in [-0.1, -0.05) is 46.0 Å². The van der Waals surface area contributed by atoms with Gasteiger partial charge in [-0.15, -0.1) is 0 Å². The number of rotatable bonds is 7. The quantitative estimate of drug-likeness (QED) is 0.611. The zero-order chi connectivity index (χ0) is 14.8. The highest BCUT2D eigenvalue weighted by atomic mass is 32.2. The van der Waals surface area contributed by atoms with Crippen LogP contribution in [-0.2, 0) is 9.47 Å². The molecule has 0 aliphatic rings. The molecule has 0 saturated heterocycles. The van der Waals surface area contributed by atoms with Crippen LogP contribution in [0.25, 0.3) is 0 Å². The summed E-state index contributed by atoms with van der Waals surface area (Å²) in [6.07, 6.45) is 0. The fourth-order valence-electron chi connectivity index (χ4n) is 0.827. The van der Waals surface area contributed by atoms with E-state index in [1.165, 1.54) is 23.5 Å². The van der Waals surface area contributed by atoms with E-state index in [1.54, 1.807) is 0 Å². The van der Waals surface area contributed by atoms with Crippen molar-refractivity contribution >= 4 is 56.7 Å². The van der Waals surface area contributed by atoms with Gasteiger partial charge in [-0.3, -0.25) is 0 Å². The van der Waals surface area contributed by atoms with E-state index in [0.29, 0.717) is 39.6 Å². The van der Waals surface area contributed by atoms with Crippen molar-refractivity contribution in [2.45, 2.75) is 27.7 Å². The van der Waals surface area contributed by atoms with Gasteiger partial charge >= 0.3 is 0 Å². The molecule has 0 rings (SSSR count).